The van der Waals surface area contributed by atoms with E-state index < -0.39 is 24.2 Å². The highest BCUT2D eigenvalue weighted by Crippen LogP contribution is 2.32. The second-order valence-electron chi connectivity index (χ2n) is 10.8. The molecule has 2 N–H and O–H groups in total. The number of hydrogen-bond acceptors (Lipinski definition) is 10. The molecule has 2 aliphatic rings. The molecule has 0 saturated carbocycles. The fourth-order valence-corrected chi connectivity index (χ4v) is 5.72. The first-order valence-corrected chi connectivity index (χ1v) is 14.3. The highest BCUT2D eigenvalue weighted by Gasteiger charge is 2.37. The number of Topliss-reactive ketones (excluding diaryl/α,β-unsaturated/α-hetero) is 1. The first-order valence-electron chi connectivity index (χ1n) is 14.3. The Balaban J connectivity index is 1.29. The van der Waals surface area contributed by atoms with Crippen molar-refractivity contribution < 1.29 is 23.5 Å². The van der Waals surface area contributed by atoms with E-state index in [0.717, 1.165) is 50.7 Å². The van der Waals surface area contributed by atoms with E-state index in [2.05, 4.69) is 55.4 Å². The summed E-state index contributed by atoms with van der Waals surface area (Å²) in [4.78, 5) is 38.5. The molecule has 0 radical (unpaired) electrons. The number of carbonyl (C=O) groups is 2. The number of carbonyl (C=O) groups excluding carboxylic acids is 2. The summed E-state index contributed by atoms with van der Waals surface area (Å²) in [5.74, 6) is -0.00699. The molecule has 0 unspecified atom stereocenters. The van der Waals surface area contributed by atoms with Crippen molar-refractivity contribution in [1.29, 1.82) is 5.26 Å². The lowest BCUT2D eigenvalue weighted by molar-refractivity contribution is -0.146. The Kier molecular flexibility index (Phi) is 9.54. The number of nitriles is 1. The molecule has 224 valence electrons. The Bertz CT molecular complexity index is 1510. The summed E-state index contributed by atoms with van der Waals surface area (Å²) < 4.78 is 24.6. The molecule has 0 aliphatic carbocycles. The number of rotatable bonds is 10. The van der Waals surface area contributed by atoms with Crippen LogP contribution in [-0.2, 0) is 14.3 Å². The number of benzene rings is 2. The van der Waals surface area contributed by atoms with Crippen molar-refractivity contribution in [3.63, 3.8) is 0 Å². The van der Waals surface area contributed by atoms with Gasteiger partial charge in [-0.25, -0.2) is 14.4 Å². The van der Waals surface area contributed by atoms with Crippen molar-refractivity contribution in [1.82, 2.24) is 25.2 Å². The highest BCUT2D eigenvalue weighted by molar-refractivity contribution is 5.85. The van der Waals surface area contributed by atoms with Crippen LogP contribution in [0.3, 0.4) is 0 Å². The van der Waals surface area contributed by atoms with E-state index in [1.807, 2.05) is 11.0 Å². The second-order valence-corrected chi connectivity index (χ2v) is 10.8. The molecule has 3 heterocycles. The lowest BCUT2D eigenvalue weighted by atomic mass is 9.87. The second kappa shape index (κ2) is 13.7. The number of hydrogen-bond donors (Lipinski definition) is 2. The predicted octanol–water partition coefficient (Wildman–Crippen LogP) is 3.67. The summed E-state index contributed by atoms with van der Waals surface area (Å²) in [7, 11) is 1.14. The maximum Gasteiger partial charge on any atom is 0.258 e. The van der Waals surface area contributed by atoms with Crippen LogP contribution >= 0.6 is 0 Å². The number of nitrogens with zero attached hydrogens (tertiary/aromatic N) is 5. The molecule has 2 aliphatic heterocycles. The van der Waals surface area contributed by atoms with Gasteiger partial charge in [-0.05, 0) is 80.1 Å². The molecule has 2 fully saturated rings. The van der Waals surface area contributed by atoms with Gasteiger partial charge in [0.1, 0.15) is 24.3 Å². The van der Waals surface area contributed by atoms with Crippen LogP contribution in [0.2, 0.25) is 0 Å². The lowest BCUT2D eigenvalue weighted by Crippen LogP contribution is -2.49. The Hall–Kier alpha value is -4.47. The lowest BCUT2D eigenvalue weighted by Gasteiger charge is -2.32. The van der Waals surface area contributed by atoms with Gasteiger partial charge in [0.25, 0.3) is 6.36 Å². The average Bonchev–Trinajstić information content (AvgIpc) is 3.04. The zero-order valence-corrected chi connectivity index (χ0v) is 24.1. The van der Waals surface area contributed by atoms with Gasteiger partial charge in [0.05, 0.1) is 11.5 Å². The minimum atomic E-state index is -2.03. The van der Waals surface area contributed by atoms with Gasteiger partial charge in [-0.2, -0.15) is 10.2 Å². The Labute approximate surface area is 249 Å². The Morgan fingerprint density at radius 2 is 2.02 bits per heavy atom. The van der Waals surface area contributed by atoms with Gasteiger partial charge in [0, 0.05) is 38.0 Å². The summed E-state index contributed by atoms with van der Waals surface area (Å²) >= 11 is 0. The van der Waals surface area contributed by atoms with Crippen LogP contribution in [0.4, 0.5) is 16.0 Å². The number of methoxy groups -OCH3 is 1. The van der Waals surface area contributed by atoms with Crippen LogP contribution in [0.25, 0.3) is 11.4 Å². The number of amides is 1. The molecule has 1 amide bonds. The van der Waals surface area contributed by atoms with Gasteiger partial charge < -0.3 is 25.0 Å². The molecule has 12 heteroatoms. The van der Waals surface area contributed by atoms with E-state index in [1.165, 1.54) is 11.9 Å². The topological polar surface area (TPSA) is 142 Å². The number of aromatic nitrogens is 3. The quantitative estimate of drug-likeness (QED) is 0.338. The van der Waals surface area contributed by atoms with Crippen molar-refractivity contribution in [2.45, 2.75) is 44.6 Å². The number of anilines is 2. The van der Waals surface area contributed by atoms with Crippen LogP contribution in [0, 0.1) is 24.2 Å². The van der Waals surface area contributed by atoms with E-state index in [-0.39, 0.29) is 12.1 Å². The number of ketones is 1. The summed E-state index contributed by atoms with van der Waals surface area (Å²) in [6, 6.07) is 13.3. The van der Waals surface area contributed by atoms with Crippen LogP contribution in [-0.4, -0.2) is 77.8 Å². The van der Waals surface area contributed by atoms with Crippen molar-refractivity contribution in [3.8, 4) is 23.2 Å². The zero-order chi connectivity index (χ0) is 30.3. The van der Waals surface area contributed by atoms with Crippen LogP contribution < -0.4 is 15.4 Å². The van der Waals surface area contributed by atoms with Crippen LogP contribution in [0.5, 0.6) is 5.75 Å². The average molecular weight is 588 g/mol. The van der Waals surface area contributed by atoms with Crippen LogP contribution in [0.1, 0.15) is 41.9 Å². The van der Waals surface area contributed by atoms with Gasteiger partial charge >= 0.3 is 0 Å². The number of ether oxygens (including phenoxy) is 2. The molecule has 2 saturated heterocycles. The van der Waals surface area contributed by atoms with E-state index in [1.54, 1.807) is 18.2 Å². The first-order chi connectivity index (χ1) is 20.9. The normalized spacial score (nSPS) is 19.7. The molecule has 43 heavy (non-hydrogen) atoms. The molecule has 11 nitrogen and oxygen atoms in total. The fraction of sp³-hybridized carbons (Fsp3) is 0.419. The highest BCUT2D eigenvalue weighted by atomic mass is 19.1. The van der Waals surface area contributed by atoms with E-state index >= 15 is 0 Å². The predicted molar refractivity (Wildman–Crippen MR) is 156 cm³/mol. The number of aryl methyl sites for hydroxylation is 1. The molecular formula is C31H34FN7O4. The van der Waals surface area contributed by atoms with Crippen molar-refractivity contribution in [2.75, 3.05) is 38.6 Å². The molecule has 0 bridgehead atoms. The van der Waals surface area contributed by atoms with Gasteiger partial charge in [-0.15, -0.1) is 0 Å². The third-order valence-electron chi connectivity index (χ3n) is 8.07. The minimum Gasteiger partial charge on any atom is -0.488 e. The molecule has 5 rings (SSSR count). The molecular weight excluding hydrogens is 553 g/mol. The minimum absolute atomic E-state index is 0.242. The maximum atomic E-state index is 14.0. The number of likely N-dealkylation sites (tertiary alicyclic amines) is 1. The van der Waals surface area contributed by atoms with Gasteiger partial charge in [0.15, 0.2) is 5.82 Å². The van der Waals surface area contributed by atoms with Gasteiger partial charge in [0.2, 0.25) is 18.1 Å². The van der Waals surface area contributed by atoms with Gasteiger partial charge in [-0.1, -0.05) is 6.07 Å². The third kappa shape index (κ3) is 6.96. The van der Waals surface area contributed by atoms with E-state index in [0.29, 0.717) is 42.0 Å². The van der Waals surface area contributed by atoms with Crippen LogP contribution in [0.15, 0.2) is 42.7 Å². The van der Waals surface area contributed by atoms with E-state index in [9.17, 15) is 19.2 Å². The summed E-state index contributed by atoms with van der Waals surface area (Å²) in [6.45, 7) is 4.48. The number of nitrogens with one attached hydrogen (secondary N) is 2. The smallest absolute Gasteiger partial charge is 0.258 e. The summed E-state index contributed by atoms with van der Waals surface area (Å²) in [6.07, 6.45) is 2.05. The summed E-state index contributed by atoms with van der Waals surface area (Å²) in [5, 5.41) is 16.2. The van der Waals surface area contributed by atoms with E-state index in [4.69, 9.17) is 4.74 Å². The molecule has 2 aromatic carbocycles. The SMILES string of the molecule is CO[C@@H](F)C(=O)[C@@H]1CNCC[C@@H]1Oc1ccc(-c2ncnc(Nc3ccc(C4CCN(C=O)CC4)c(C)c3)n2)cc1C#N. The third-order valence-corrected chi connectivity index (χ3v) is 8.07. The number of alkyl halides is 1. The van der Waals surface area contributed by atoms with Crippen molar-refractivity contribution in [3.05, 3.63) is 59.4 Å². The molecule has 3 aromatic rings. The fourth-order valence-electron chi connectivity index (χ4n) is 5.72. The zero-order valence-electron chi connectivity index (χ0n) is 24.1. The number of halogens is 1. The van der Waals surface area contributed by atoms with Gasteiger partial charge in [-0.3, -0.25) is 9.59 Å². The Morgan fingerprint density at radius 3 is 2.74 bits per heavy atom. The first kappa shape index (κ1) is 30.0. The number of piperidine rings is 2. The largest absolute Gasteiger partial charge is 0.488 e. The monoisotopic (exact) mass is 587 g/mol. The molecule has 0 spiro atoms. The Morgan fingerprint density at radius 1 is 1.21 bits per heavy atom. The maximum absolute atomic E-state index is 14.0. The molecule has 1 aromatic heterocycles. The summed E-state index contributed by atoms with van der Waals surface area (Å²) in [5.41, 5.74) is 4.09. The van der Waals surface area contributed by atoms with Crippen molar-refractivity contribution in [2.24, 2.45) is 5.92 Å². The standard InChI is InChI=1S/C31H34FN7O4/c1-19-13-23(4-5-24(19)20-8-11-39(18-40)12-9-20)37-31-36-17-35-30(38-31)21-3-6-26(22(14-21)15-33)43-27-7-10-34-16-25(27)28(41)29(32)42-2/h3-6,13-14,17-18,20,25,27,29,34H,7-12,16H2,1-2H3,(H,35,36,37,38)/t25-,27+,29-/m1/s1. The van der Waals surface area contributed by atoms with Crippen molar-refractivity contribution >= 4 is 23.8 Å². The molecule has 3 atom stereocenters.